The fourth-order valence-corrected chi connectivity index (χ4v) is 5.17. The van der Waals surface area contributed by atoms with Gasteiger partial charge in [0.15, 0.2) is 0 Å². The Morgan fingerprint density at radius 2 is 1.00 bits per heavy atom. The van der Waals surface area contributed by atoms with Crippen LogP contribution in [-0.2, 0) is 14.3 Å². The quantitative estimate of drug-likeness (QED) is 0.0432. The standard InChI is InChI=1S/C38H72O5/c1-3-5-7-21-28-36(39)30-23-17-13-9-10-15-19-25-32-38(41)43-35-27-34-42-33-26-20-16-12-11-14-18-24-31-37(40)29-22-8-6-4-2/h17-18,23-24,36-37,39-40H,3-16,19-22,25-35H2,1-2H3/b23-17+,24-18+. The van der Waals surface area contributed by atoms with E-state index in [0.717, 1.165) is 90.1 Å². The lowest BCUT2D eigenvalue weighted by Gasteiger charge is -2.07. The molecular weight excluding hydrogens is 536 g/mol. The molecule has 43 heavy (non-hydrogen) atoms. The zero-order valence-electron chi connectivity index (χ0n) is 28.6. The molecule has 0 amide bonds. The van der Waals surface area contributed by atoms with Crippen molar-refractivity contribution in [3.05, 3.63) is 24.3 Å². The van der Waals surface area contributed by atoms with Gasteiger partial charge in [-0.2, -0.15) is 0 Å². The molecule has 0 aliphatic rings. The first kappa shape index (κ1) is 41.8. The van der Waals surface area contributed by atoms with Crippen LogP contribution in [0.3, 0.4) is 0 Å². The molecule has 5 heteroatoms. The molecule has 254 valence electrons. The molecule has 0 aromatic carbocycles. The van der Waals surface area contributed by atoms with E-state index in [1.165, 1.54) is 77.0 Å². The fourth-order valence-electron chi connectivity index (χ4n) is 5.17. The van der Waals surface area contributed by atoms with Gasteiger partial charge in [-0.1, -0.05) is 128 Å². The van der Waals surface area contributed by atoms with Crippen molar-refractivity contribution in [2.24, 2.45) is 0 Å². The molecule has 0 heterocycles. The summed E-state index contributed by atoms with van der Waals surface area (Å²) in [5.41, 5.74) is 0. The van der Waals surface area contributed by atoms with Gasteiger partial charge < -0.3 is 19.7 Å². The Hall–Kier alpha value is -1.17. The van der Waals surface area contributed by atoms with Crippen LogP contribution in [0.1, 0.15) is 181 Å². The molecule has 2 atom stereocenters. The van der Waals surface area contributed by atoms with Gasteiger partial charge in [0.05, 0.1) is 18.8 Å². The number of esters is 1. The number of aliphatic hydroxyl groups excluding tert-OH is 2. The van der Waals surface area contributed by atoms with Gasteiger partial charge in [0.1, 0.15) is 0 Å². The maximum atomic E-state index is 11.9. The van der Waals surface area contributed by atoms with Crippen molar-refractivity contribution in [3.63, 3.8) is 0 Å². The van der Waals surface area contributed by atoms with Crippen LogP contribution >= 0.6 is 0 Å². The number of carbonyl (C=O) groups is 1. The number of rotatable bonds is 34. The van der Waals surface area contributed by atoms with Gasteiger partial charge >= 0.3 is 5.97 Å². The van der Waals surface area contributed by atoms with Crippen molar-refractivity contribution < 1.29 is 24.5 Å². The molecule has 0 aromatic heterocycles. The van der Waals surface area contributed by atoms with Crippen LogP contribution in [0.2, 0.25) is 0 Å². The molecule has 2 unspecified atom stereocenters. The van der Waals surface area contributed by atoms with Gasteiger partial charge in [-0.25, -0.2) is 0 Å². The van der Waals surface area contributed by atoms with E-state index < -0.39 is 0 Å². The van der Waals surface area contributed by atoms with Crippen molar-refractivity contribution in [2.45, 2.75) is 193 Å². The molecule has 0 aromatic rings. The van der Waals surface area contributed by atoms with E-state index in [9.17, 15) is 15.0 Å². The van der Waals surface area contributed by atoms with E-state index in [-0.39, 0.29) is 18.2 Å². The number of ether oxygens (including phenoxy) is 2. The SMILES string of the molecule is CCCCCCC(O)C/C=C/CCCCCCCOCCCOC(=O)CCCCCCC/C=C/CC(O)CCCCCC. The summed E-state index contributed by atoms with van der Waals surface area (Å²) in [6, 6.07) is 0. The zero-order valence-corrected chi connectivity index (χ0v) is 28.6. The second kappa shape index (κ2) is 35.3. The highest BCUT2D eigenvalue weighted by Crippen LogP contribution is 2.12. The highest BCUT2D eigenvalue weighted by atomic mass is 16.5. The lowest BCUT2D eigenvalue weighted by atomic mass is 10.1. The normalized spacial score (nSPS) is 13.3. The van der Waals surface area contributed by atoms with Gasteiger partial charge in [0.2, 0.25) is 0 Å². The van der Waals surface area contributed by atoms with Crippen molar-refractivity contribution in [2.75, 3.05) is 19.8 Å². The number of aliphatic hydroxyl groups is 2. The van der Waals surface area contributed by atoms with E-state index in [1.54, 1.807) is 0 Å². The predicted octanol–water partition coefficient (Wildman–Crippen LogP) is 10.6. The Kier molecular flexibility index (Phi) is 34.3. The first-order valence-electron chi connectivity index (χ1n) is 18.5. The average Bonchev–Trinajstić information content (AvgIpc) is 3.00. The lowest BCUT2D eigenvalue weighted by molar-refractivity contribution is -0.144. The van der Waals surface area contributed by atoms with E-state index in [0.29, 0.717) is 19.6 Å². The molecule has 5 nitrogen and oxygen atoms in total. The summed E-state index contributed by atoms with van der Waals surface area (Å²) in [6.45, 7) is 6.34. The van der Waals surface area contributed by atoms with Gasteiger partial charge in [-0.3, -0.25) is 4.79 Å². The molecule has 0 aliphatic carbocycles. The van der Waals surface area contributed by atoms with Crippen LogP contribution in [0.25, 0.3) is 0 Å². The Morgan fingerprint density at radius 1 is 0.535 bits per heavy atom. The monoisotopic (exact) mass is 609 g/mol. The van der Waals surface area contributed by atoms with Crippen molar-refractivity contribution in [1.29, 1.82) is 0 Å². The van der Waals surface area contributed by atoms with Crippen molar-refractivity contribution in [1.82, 2.24) is 0 Å². The van der Waals surface area contributed by atoms with Crippen LogP contribution < -0.4 is 0 Å². The second-order valence-electron chi connectivity index (χ2n) is 12.5. The summed E-state index contributed by atoms with van der Waals surface area (Å²) in [7, 11) is 0. The topological polar surface area (TPSA) is 76.0 Å². The molecule has 2 N–H and O–H groups in total. The predicted molar refractivity (Wildman–Crippen MR) is 183 cm³/mol. The Bertz CT molecular complexity index is 617. The average molecular weight is 609 g/mol. The molecule has 0 saturated heterocycles. The molecule has 0 spiro atoms. The van der Waals surface area contributed by atoms with Gasteiger partial charge in [-0.05, 0) is 64.2 Å². The van der Waals surface area contributed by atoms with Crippen LogP contribution in [0.5, 0.6) is 0 Å². The molecule has 0 saturated carbocycles. The van der Waals surface area contributed by atoms with Crippen LogP contribution in [0.15, 0.2) is 24.3 Å². The number of hydrogen-bond donors (Lipinski definition) is 2. The second-order valence-corrected chi connectivity index (χ2v) is 12.5. The van der Waals surface area contributed by atoms with E-state index >= 15 is 0 Å². The molecule has 0 rings (SSSR count). The summed E-state index contributed by atoms with van der Waals surface area (Å²) >= 11 is 0. The highest BCUT2D eigenvalue weighted by molar-refractivity contribution is 5.69. The third kappa shape index (κ3) is 35.2. The number of hydrogen-bond acceptors (Lipinski definition) is 5. The summed E-state index contributed by atoms with van der Waals surface area (Å²) in [5.74, 6) is -0.0791. The Morgan fingerprint density at radius 3 is 1.56 bits per heavy atom. The van der Waals surface area contributed by atoms with Crippen molar-refractivity contribution in [3.8, 4) is 0 Å². The number of carbonyl (C=O) groups excluding carboxylic acids is 1. The minimum atomic E-state index is -0.179. The van der Waals surface area contributed by atoms with E-state index in [1.807, 2.05) is 0 Å². The maximum Gasteiger partial charge on any atom is 0.305 e. The van der Waals surface area contributed by atoms with Gasteiger partial charge in [0, 0.05) is 26.1 Å². The van der Waals surface area contributed by atoms with Gasteiger partial charge in [-0.15, -0.1) is 0 Å². The molecule has 0 bridgehead atoms. The fraction of sp³-hybridized carbons (Fsp3) is 0.868. The van der Waals surface area contributed by atoms with Crippen molar-refractivity contribution >= 4 is 5.97 Å². The van der Waals surface area contributed by atoms with E-state index in [2.05, 4.69) is 38.2 Å². The van der Waals surface area contributed by atoms with Crippen LogP contribution in [-0.4, -0.2) is 48.2 Å². The largest absolute Gasteiger partial charge is 0.466 e. The molecular formula is C38H72O5. The number of allylic oxidation sites excluding steroid dienone is 2. The zero-order chi connectivity index (χ0) is 31.5. The highest BCUT2D eigenvalue weighted by Gasteiger charge is 2.04. The lowest BCUT2D eigenvalue weighted by Crippen LogP contribution is -2.08. The molecule has 0 radical (unpaired) electrons. The Labute approximate surface area is 267 Å². The summed E-state index contributed by atoms with van der Waals surface area (Å²) < 4.78 is 11.0. The van der Waals surface area contributed by atoms with Gasteiger partial charge in [0.25, 0.3) is 0 Å². The minimum absolute atomic E-state index is 0.0791. The molecule has 0 aliphatic heterocycles. The summed E-state index contributed by atoms with van der Waals surface area (Å²) in [6.07, 6.45) is 36.7. The smallest absolute Gasteiger partial charge is 0.305 e. The first-order chi connectivity index (χ1) is 21.1. The minimum Gasteiger partial charge on any atom is -0.466 e. The van der Waals surface area contributed by atoms with Crippen LogP contribution in [0, 0.1) is 0 Å². The summed E-state index contributed by atoms with van der Waals surface area (Å²) in [5, 5.41) is 20.0. The third-order valence-electron chi connectivity index (χ3n) is 8.04. The number of unbranched alkanes of at least 4 members (excludes halogenated alkanes) is 16. The summed E-state index contributed by atoms with van der Waals surface area (Å²) in [4.78, 5) is 11.9. The molecule has 0 fully saturated rings. The Balaban J connectivity index is 3.32. The van der Waals surface area contributed by atoms with Crippen LogP contribution in [0.4, 0.5) is 0 Å². The first-order valence-corrected chi connectivity index (χ1v) is 18.5. The maximum absolute atomic E-state index is 11.9. The third-order valence-corrected chi connectivity index (χ3v) is 8.04. The van der Waals surface area contributed by atoms with E-state index in [4.69, 9.17) is 9.47 Å².